The zero-order chi connectivity index (χ0) is 38.3. The van der Waals surface area contributed by atoms with Crippen LogP contribution in [0.25, 0.3) is 0 Å². The second-order valence-electron chi connectivity index (χ2n) is 18.5. The van der Waals surface area contributed by atoms with Crippen molar-refractivity contribution < 1.29 is 32.4 Å². The number of hydrogen-bond donors (Lipinski definition) is 4. The number of nitrogens with zero attached hydrogens (tertiary/aromatic N) is 1. The molecule has 1 heterocycles. The summed E-state index contributed by atoms with van der Waals surface area (Å²) in [6.45, 7) is 15.3. The Bertz CT molecular complexity index is 1520. The van der Waals surface area contributed by atoms with Crippen molar-refractivity contribution >= 4 is 39.4 Å². The van der Waals surface area contributed by atoms with Crippen molar-refractivity contribution in [2.24, 2.45) is 28.6 Å². The van der Waals surface area contributed by atoms with Crippen LogP contribution in [0.4, 0.5) is 4.79 Å². The number of carbonyl (C=O) groups excluding carboxylic acids is 5. The highest BCUT2D eigenvalue weighted by molar-refractivity contribution is 7.92. The fourth-order valence-corrected chi connectivity index (χ4v) is 10.8. The van der Waals surface area contributed by atoms with Gasteiger partial charge in [-0.3, -0.25) is 19.2 Å². The normalized spacial score (nSPS) is 27.3. The van der Waals surface area contributed by atoms with Gasteiger partial charge >= 0.3 is 6.03 Å². The third-order valence-corrected chi connectivity index (χ3v) is 15.9. The number of amides is 5. The van der Waals surface area contributed by atoms with Gasteiger partial charge in [0.25, 0.3) is 5.91 Å². The molecular weight excluding hydrogens is 683 g/mol. The summed E-state index contributed by atoms with van der Waals surface area (Å²) in [6, 6.07) is -3.38. The Morgan fingerprint density at radius 2 is 1.50 bits per heavy atom. The minimum Gasteiger partial charge on any atom is -0.346 e. The highest BCUT2D eigenvalue weighted by Crippen LogP contribution is 2.65. The van der Waals surface area contributed by atoms with Gasteiger partial charge in [0.2, 0.25) is 17.6 Å². The number of ketones is 1. The Hall–Kier alpha value is -2.96. The van der Waals surface area contributed by atoms with Gasteiger partial charge in [0.1, 0.15) is 12.1 Å². The van der Waals surface area contributed by atoms with E-state index in [1.807, 2.05) is 6.92 Å². The van der Waals surface area contributed by atoms with Crippen LogP contribution in [0, 0.1) is 28.6 Å². The number of piperidine rings is 1. The molecule has 4 N–H and O–H groups in total. The molecule has 5 rings (SSSR count). The first-order valence-electron chi connectivity index (χ1n) is 19.6. The summed E-state index contributed by atoms with van der Waals surface area (Å²) in [5.41, 5.74) is -1.73. The molecule has 5 fully saturated rings. The molecule has 52 heavy (non-hydrogen) atoms. The van der Waals surface area contributed by atoms with Gasteiger partial charge in [0.15, 0.2) is 9.84 Å². The smallest absolute Gasteiger partial charge is 0.315 e. The second-order valence-corrected chi connectivity index (χ2v) is 21.2. The van der Waals surface area contributed by atoms with E-state index in [1.54, 1.807) is 25.7 Å². The standard InChI is InChI=1S/C39H63N5O7S/c1-8-21-40-33(47)30(45)27(22-25-15-16-25)41-32(46)29-28-26(37(28,5)6)23-44(29)34(48)31(38(7)17-11-9-12-18-38)42-35(49)43-39(19-13-10-14-20-39)24-52(50,51)36(2,3)4/h8,25-29,31H,1,9-24H2,2-7H3,(H,40,47)(H,41,46)(H2,42,43,49)/t26-,27?,28-,29-,31?/m0/s1. The molecule has 0 aromatic carbocycles. The molecule has 0 aromatic heterocycles. The van der Waals surface area contributed by atoms with E-state index in [2.05, 4.69) is 41.7 Å². The number of Topliss-reactive ketones (excluding diaryl/α,β-unsaturated/α-hetero) is 1. The molecule has 12 nitrogen and oxygen atoms in total. The van der Waals surface area contributed by atoms with Crippen LogP contribution < -0.4 is 21.3 Å². The van der Waals surface area contributed by atoms with Gasteiger partial charge in [0.05, 0.1) is 22.1 Å². The summed E-state index contributed by atoms with van der Waals surface area (Å²) in [5, 5.41) is 11.6. The Kier molecular flexibility index (Phi) is 11.6. The predicted molar refractivity (Wildman–Crippen MR) is 200 cm³/mol. The lowest BCUT2D eigenvalue weighted by Crippen LogP contribution is -2.65. The Labute approximate surface area is 310 Å². The second kappa shape index (κ2) is 15.1. The number of nitrogens with one attached hydrogen (secondary N) is 4. The third-order valence-electron chi connectivity index (χ3n) is 13.1. The Balaban J connectivity index is 1.40. The summed E-state index contributed by atoms with van der Waals surface area (Å²) >= 11 is 0. The molecule has 5 atom stereocenters. The molecule has 5 amide bonds. The average molecular weight is 746 g/mol. The number of carbonyl (C=O) groups is 5. The van der Waals surface area contributed by atoms with Gasteiger partial charge in [0, 0.05) is 13.1 Å². The van der Waals surface area contributed by atoms with Crippen LogP contribution in [0.15, 0.2) is 12.7 Å². The molecular formula is C39H63N5O7S. The third kappa shape index (κ3) is 8.54. The Morgan fingerprint density at radius 1 is 0.904 bits per heavy atom. The lowest BCUT2D eigenvalue weighted by molar-refractivity contribution is -0.146. The number of urea groups is 1. The molecule has 1 saturated heterocycles. The van der Waals surface area contributed by atoms with E-state index < -0.39 is 67.3 Å². The summed E-state index contributed by atoms with van der Waals surface area (Å²) in [7, 11) is -3.57. The monoisotopic (exact) mass is 745 g/mol. The van der Waals surface area contributed by atoms with Crippen molar-refractivity contribution in [2.45, 2.75) is 153 Å². The molecule has 0 aromatic rings. The Morgan fingerprint density at radius 3 is 2.06 bits per heavy atom. The van der Waals surface area contributed by atoms with Crippen molar-refractivity contribution in [3.63, 3.8) is 0 Å². The van der Waals surface area contributed by atoms with Gasteiger partial charge in [-0.1, -0.05) is 78.2 Å². The lowest BCUT2D eigenvalue weighted by Gasteiger charge is -2.44. The van der Waals surface area contributed by atoms with Crippen LogP contribution >= 0.6 is 0 Å². The maximum Gasteiger partial charge on any atom is 0.315 e. The minimum atomic E-state index is -3.57. The van der Waals surface area contributed by atoms with Crippen LogP contribution in [0.5, 0.6) is 0 Å². The largest absolute Gasteiger partial charge is 0.346 e. The summed E-state index contributed by atoms with van der Waals surface area (Å²) in [4.78, 5) is 70.9. The summed E-state index contributed by atoms with van der Waals surface area (Å²) < 4.78 is 25.9. The predicted octanol–water partition coefficient (Wildman–Crippen LogP) is 4.18. The zero-order valence-electron chi connectivity index (χ0n) is 32.3. The van der Waals surface area contributed by atoms with Gasteiger partial charge in [-0.15, -0.1) is 6.58 Å². The minimum absolute atomic E-state index is 0.0717. The topological polar surface area (TPSA) is 171 Å². The first kappa shape index (κ1) is 40.2. The molecule has 5 aliphatic rings. The quantitative estimate of drug-likeness (QED) is 0.153. The van der Waals surface area contributed by atoms with Crippen molar-refractivity contribution in [2.75, 3.05) is 18.8 Å². The highest BCUT2D eigenvalue weighted by atomic mass is 32.2. The molecule has 0 spiro atoms. The van der Waals surface area contributed by atoms with E-state index in [1.165, 1.54) is 6.08 Å². The summed E-state index contributed by atoms with van der Waals surface area (Å²) in [6.07, 6.45) is 11.6. The van der Waals surface area contributed by atoms with E-state index in [4.69, 9.17) is 0 Å². The zero-order valence-corrected chi connectivity index (χ0v) is 33.1. The molecule has 0 bridgehead atoms. The van der Waals surface area contributed by atoms with Crippen molar-refractivity contribution in [1.29, 1.82) is 0 Å². The van der Waals surface area contributed by atoms with E-state index in [0.29, 0.717) is 38.6 Å². The van der Waals surface area contributed by atoms with Crippen LogP contribution in [0.3, 0.4) is 0 Å². The van der Waals surface area contributed by atoms with Crippen molar-refractivity contribution in [3.05, 3.63) is 12.7 Å². The molecule has 2 unspecified atom stereocenters. The van der Waals surface area contributed by atoms with Gasteiger partial charge in [-0.25, -0.2) is 13.2 Å². The van der Waals surface area contributed by atoms with E-state index in [9.17, 15) is 32.4 Å². The van der Waals surface area contributed by atoms with Gasteiger partial charge in [-0.2, -0.15) is 0 Å². The van der Waals surface area contributed by atoms with E-state index in [0.717, 1.165) is 51.4 Å². The maximum atomic E-state index is 14.9. The van der Waals surface area contributed by atoms with E-state index in [-0.39, 0.29) is 41.4 Å². The van der Waals surface area contributed by atoms with Gasteiger partial charge in [-0.05, 0) is 81.5 Å². The van der Waals surface area contributed by atoms with Crippen LogP contribution in [-0.4, -0.2) is 90.1 Å². The number of sulfone groups is 1. The molecule has 1 aliphatic heterocycles. The molecule has 13 heteroatoms. The molecule has 4 aliphatic carbocycles. The van der Waals surface area contributed by atoms with Crippen LogP contribution in [-0.2, 0) is 29.0 Å². The molecule has 0 radical (unpaired) electrons. The number of rotatable bonds is 14. The first-order chi connectivity index (χ1) is 24.3. The fourth-order valence-electron chi connectivity index (χ4n) is 9.27. The fraction of sp³-hybridized carbons (Fsp3) is 0.821. The molecule has 292 valence electrons. The summed E-state index contributed by atoms with van der Waals surface area (Å²) in [5.74, 6) is -2.26. The van der Waals surface area contributed by atoms with E-state index >= 15 is 0 Å². The van der Waals surface area contributed by atoms with Crippen LogP contribution in [0.2, 0.25) is 0 Å². The molecule has 4 saturated carbocycles. The van der Waals surface area contributed by atoms with Gasteiger partial charge < -0.3 is 26.2 Å². The average Bonchev–Trinajstić information content (AvgIpc) is 3.92. The van der Waals surface area contributed by atoms with Crippen molar-refractivity contribution in [3.8, 4) is 0 Å². The first-order valence-corrected chi connectivity index (χ1v) is 21.3. The number of hydrogen-bond acceptors (Lipinski definition) is 7. The number of likely N-dealkylation sites (tertiary alicyclic amines) is 1. The van der Waals surface area contributed by atoms with Crippen molar-refractivity contribution in [1.82, 2.24) is 26.2 Å². The SMILES string of the molecule is C=CCNC(=O)C(=O)C(CC1CC1)NC(=O)[C@@H]1[C@@H]2[C@H](CN1C(=O)C(NC(=O)NC1(CS(=O)(=O)C(C)(C)C)CCCCC1)C1(C)CCCCC1)C2(C)C. The lowest BCUT2D eigenvalue weighted by atomic mass is 9.70. The maximum absolute atomic E-state index is 14.9. The number of fused-ring (bicyclic) bond motifs is 1. The van der Waals surface area contributed by atoms with Crippen LogP contribution in [0.1, 0.15) is 125 Å². The highest BCUT2D eigenvalue weighted by Gasteiger charge is 2.70.